The fraction of sp³-hybridized carbons (Fsp3) is 0.800. The number of carbonyl (C=O) groups is 2. The summed E-state index contributed by atoms with van der Waals surface area (Å²) < 4.78 is 0. The van der Waals surface area contributed by atoms with Crippen molar-refractivity contribution in [2.45, 2.75) is 38.8 Å². The highest BCUT2D eigenvalue weighted by Crippen LogP contribution is 2.18. The molecular formula is C10H19N3O2. The van der Waals surface area contributed by atoms with Gasteiger partial charge in [-0.25, -0.2) is 0 Å². The van der Waals surface area contributed by atoms with E-state index in [0.717, 1.165) is 0 Å². The second-order valence-corrected chi connectivity index (χ2v) is 4.44. The fourth-order valence-corrected chi connectivity index (χ4v) is 2.01. The molecule has 1 fully saturated rings. The van der Waals surface area contributed by atoms with Crippen LogP contribution in [-0.2, 0) is 9.59 Å². The molecule has 4 N–H and O–H groups in total. The van der Waals surface area contributed by atoms with Crippen LogP contribution in [0.2, 0.25) is 0 Å². The normalized spacial score (nSPS) is 24.4. The molecule has 1 rings (SSSR count). The van der Waals surface area contributed by atoms with Crippen LogP contribution in [-0.4, -0.2) is 35.3 Å². The van der Waals surface area contributed by atoms with Crippen molar-refractivity contribution in [3.8, 4) is 0 Å². The van der Waals surface area contributed by atoms with Crippen LogP contribution in [0.25, 0.3) is 0 Å². The van der Waals surface area contributed by atoms with E-state index in [9.17, 15) is 9.59 Å². The largest absolute Gasteiger partial charge is 0.368 e. The van der Waals surface area contributed by atoms with Crippen molar-refractivity contribution in [1.82, 2.24) is 4.90 Å². The van der Waals surface area contributed by atoms with Gasteiger partial charge >= 0.3 is 0 Å². The number of piperidine rings is 1. The van der Waals surface area contributed by atoms with E-state index in [1.165, 1.54) is 4.90 Å². The molecule has 1 heterocycles. The highest BCUT2D eigenvalue weighted by molar-refractivity contribution is 5.87. The number of nitrogens with two attached hydrogens (primary N) is 2. The molecule has 0 aromatic carbocycles. The Labute approximate surface area is 89.8 Å². The molecule has 1 saturated heterocycles. The Morgan fingerprint density at radius 1 is 1.53 bits per heavy atom. The Kier molecular flexibility index (Phi) is 3.68. The lowest BCUT2D eigenvalue weighted by Gasteiger charge is -2.37. The minimum Gasteiger partial charge on any atom is -0.368 e. The average molecular weight is 213 g/mol. The zero-order valence-corrected chi connectivity index (χ0v) is 9.27. The summed E-state index contributed by atoms with van der Waals surface area (Å²) in [6, 6.07) is -0.563. The van der Waals surface area contributed by atoms with Gasteiger partial charge in [0.05, 0.1) is 0 Å². The molecule has 5 nitrogen and oxygen atoms in total. The second-order valence-electron chi connectivity index (χ2n) is 4.44. The number of carbonyl (C=O) groups excluding carboxylic acids is 2. The maximum atomic E-state index is 11.7. The lowest BCUT2D eigenvalue weighted by molar-refractivity contribution is -0.143. The van der Waals surface area contributed by atoms with Gasteiger partial charge in [0, 0.05) is 19.0 Å². The van der Waals surface area contributed by atoms with Gasteiger partial charge in [0.1, 0.15) is 6.04 Å². The predicted molar refractivity (Wildman–Crippen MR) is 56.7 cm³/mol. The monoisotopic (exact) mass is 213 g/mol. The number of amides is 2. The Morgan fingerprint density at radius 2 is 2.13 bits per heavy atom. The van der Waals surface area contributed by atoms with Crippen LogP contribution in [0.3, 0.4) is 0 Å². The van der Waals surface area contributed by atoms with Gasteiger partial charge in [-0.2, -0.15) is 0 Å². The Balaban J connectivity index is 2.81. The van der Waals surface area contributed by atoms with Gasteiger partial charge < -0.3 is 16.4 Å². The van der Waals surface area contributed by atoms with Gasteiger partial charge in [0.2, 0.25) is 11.8 Å². The third-order valence-electron chi connectivity index (χ3n) is 2.74. The van der Waals surface area contributed by atoms with Crippen LogP contribution >= 0.6 is 0 Å². The SMILES string of the molecule is CC(C)C(C(N)=O)N1CC(N)CCC1=O. The minimum absolute atomic E-state index is 0.0193. The van der Waals surface area contributed by atoms with E-state index in [1.54, 1.807) is 0 Å². The molecule has 0 radical (unpaired) electrons. The summed E-state index contributed by atoms with van der Waals surface area (Å²) in [7, 11) is 0. The Bertz CT molecular complexity index is 265. The highest BCUT2D eigenvalue weighted by atomic mass is 16.2. The van der Waals surface area contributed by atoms with Gasteiger partial charge in [-0.3, -0.25) is 9.59 Å². The summed E-state index contributed by atoms with van der Waals surface area (Å²) in [6.45, 7) is 4.19. The molecule has 0 aromatic heterocycles. The average Bonchev–Trinajstić information content (AvgIpc) is 2.10. The second kappa shape index (κ2) is 4.61. The molecule has 2 unspecified atom stereocenters. The van der Waals surface area contributed by atoms with Gasteiger partial charge in [-0.05, 0) is 12.3 Å². The fourth-order valence-electron chi connectivity index (χ4n) is 2.01. The Hall–Kier alpha value is -1.10. The quantitative estimate of drug-likeness (QED) is 0.659. The van der Waals surface area contributed by atoms with Crippen LogP contribution < -0.4 is 11.5 Å². The van der Waals surface area contributed by atoms with Crippen LogP contribution in [0.1, 0.15) is 26.7 Å². The van der Waals surface area contributed by atoms with Gasteiger partial charge in [0.15, 0.2) is 0 Å². The number of rotatable bonds is 3. The molecule has 1 aliphatic heterocycles. The topological polar surface area (TPSA) is 89.4 Å². The molecule has 1 aliphatic rings. The maximum Gasteiger partial charge on any atom is 0.240 e. The molecule has 2 amide bonds. The molecule has 0 aliphatic carbocycles. The first-order chi connectivity index (χ1) is 6.93. The summed E-state index contributed by atoms with van der Waals surface area (Å²) in [5.74, 6) is -0.446. The third kappa shape index (κ3) is 2.68. The molecular weight excluding hydrogens is 194 g/mol. The van der Waals surface area contributed by atoms with Gasteiger partial charge in [-0.15, -0.1) is 0 Å². The standard InChI is InChI=1S/C10H19N3O2/c1-6(2)9(10(12)15)13-5-7(11)3-4-8(13)14/h6-7,9H,3-5,11H2,1-2H3,(H2,12,15). The zero-order valence-electron chi connectivity index (χ0n) is 9.27. The van der Waals surface area contributed by atoms with Crippen LogP contribution in [0.5, 0.6) is 0 Å². The lowest BCUT2D eigenvalue weighted by Crippen LogP contribution is -2.56. The first-order valence-electron chi connectivity index (χ1n) is 5.28. The molecule has 2 atom stereocenters. The van der Waals surface area contributed by atoms with Crippen molar-refractivity contribution in [3.05, 3.63) is 0 Å². The smallest absolute Gasteiger partial charge is 0.240 e. The molecule has 86 valence electrons. The summed E-state index contributed by atoms with van der Waals surface area (Å²) in [4.78, 5) is 24.5. The number of hydrogen-bond acceptors (Lipinski definition) is 3. The third-order valence-corrected chi connectivity index (χ3v) is 2.74. The minimum atomic E-state index is -0.524. The van der Waals surface area contributed by atoms with Gasteiger partial charge in [-0.1, -0.05) is 13.8 Å². The molecule has 15 heavy (non-hydrogen) atoms. The maximum absolute atomic E-state index is 11.7. The first kappa shape index (κ1) is 12.0. The highest BCUT2D eigenvalue weighted by Gasteiger charge is 2.34. The lowest BCUT2D eigenvalue weighted by atomic mass is 9.97. The summed E-state index contributed by atoms with van der Waals surface area (Å²) >= 11 is 0. The van der Waals surface area contributed by atoms with E-state index in [-0.39, 0.29) is 17.9 Å². The Morgan fingerprint density at radius 3 is 2.60 bits per heavy atom. The van der Waals surface area contributed by atoms with Crippen molar-refractivity contribution >= 4 is 11.8 Å². The number of hydrogen-bond donors (Lipinski definition) is 2. The van der Waals surface area contributed by atoms with Crippen LogP contribution in [0.4, 0.5) is 0 Å². The van der Waals surface area contributed by atoms with Gasteiger partial charge in [0.25, 0.3) is 0 Å². The number of nitrogens with zero attached hydrogens (tertiary/aromatic N) is 1. The van der Waals surface area contributed by atoms with E-state index in [1.807, 2.05) is 13.8 Å². The summed E-state index contributed by atoms with van der Waals surface area (Å²) in [5, 5.41) is 0. The molecule has 0 aromatic rings. The molecule has 0 bridgehead atoms. The van der Waals surface area contributed by atoms with Crippen molar-refractivity contribution < 1.29 is 9.59 Å². The molecule has 0 spiro atoms. The van der Waals surface area contributed by atoms with Crippen molar-refractivity contribution in [2.24, 2.45) is 17.4 Å². The van der Waals surface area contributed by atoms with Crippen molar-refractivity contribution in [1.29, 1.82) is 0 Å². The van der Waals surface area contributed by atoms with E-state index >= 15 is 0 Å². The number of primary amides is 1. The van der Waals surface area contributed by atoms with E-state index in [2.05, 4.69) is 0 Å². The van der Waals surface area contributed by atoms with Crippen molar-refractivity contribution in [3.63, 3.8) is 0 Å². The number of likely N-dealkylation sites (tertiary alicyclic amines) is 1. The van der Waals surface area contributed by atoms with Crippen LogP contribution in [0.15, 0.2) is 0 Å². The van der Waals surface area contributed by atoms with Crippen molar-refractivity contribution in [2.75, 3.05) is 6.54 Å². The van der Waals surface area contributed by atoms with E-state index in [0.29, 0.717) is 19.4 Å². The zero-order chi connectivity index (χ0) is 11.6. The molecule has 5 heteroatoms. The van der Waals surface area contributed by atoms with Crippen LogP contribution in [0, 0.1) is 5.92 Å². The summed E-state index contributed by atoms with van der Waals surface area (Å²) in [5.41, 5.74) is 11.1. The van der Waals surface area contributed by atoms with E-state index in [4.69, 9.17) is 11.5 Å². The summed E-state index contributed by atoms with van der Waals surface area (Å²) in [6.07, 6.45) is 1.11. The molecule has 0 saturated carbocycles. The predicted octanol–water partition coefficient (Wildman–Crippen LogP) is -0.554. The van der Waals surface area contributed by atoms with E-state index < -0.39 is 11.9 Å². The first-order valence-corrected chi connectivity index (χ1v) is 5.28.